The van der Waals surface area contributed by atoms with Crippen LogP contribution in [0.1, 0.15) is 28.8 Å². The Labute approximate surface area is 183 Å². The Morgan fingerprint density at radius 1 is 0.968 bits per heavy atom. The molecule has 1 aliphatic heterocycles. The lowest BCUT2D eigenvalue weighted by atomic mass is 10.1. The van der Waals surface area contributed by atoms with Crippen LogP contribution in [0.5, 0.6) is 0 Å². The first kappa shape index (κ1) is 21.0. The molecule has 0 atom stereocenters. The SMILES string of the molecule is O=C(NCCN1CCCC1)c1cccc(-c2ccnc(NCCc3ccccc3)n2)c1. The average molecular weight is 416 g/mol. The number of likely N-dealkylation sites (tertiary alicyclic amines) is 1. The van der Waals surface area contributed by atoms with Gasteiger partial charge < -0.3 is 15.5 Å². The third-order valence-corrected chi connectivity index (χ3v) is 5.53. The number of carbonyl (C=O) groups is 1. The zero-order valence-electron chi connectivity index (χ0n) is 17.8. The molecule has 4 rings (SSSR count). The van der Waals surface area contributed by atoms with E-state index in [0.717, 1.165) is 43.9 Å². The van der Waals surface area contributed by atoms with Gasteiger partial charge in [-0.25, -0.2) is 9.97 Å². The predicted octanol–water partition coefficient (Wildman–Crippen LogP) is 3.62. The minimum atomic E-state index is -0.0451. The van der Waals surface area contributed by atoms with Crippen LogP contribution in [0.3, 0.4) is 0 Å². The Morgan fingerprint density at radius 3 is 2.65 bits per heavy atom. The Morgan fingerprint density at radius 2 is 1.81 bits per heavy atom. The summed E-state index contributed by atoms with van der Waals surface area (Å²) in [5.74, 6) is 0.546. The number of hydrogen-bond acceptors (Lipinski definition) is 5. The summed E-state index contributed by atoms with van der Waals surface area (Å²) in [6.45, 7) is 4.62. The van der Waals surface area contributed by atoms with Crippen LogP contribution in [0.25, 0.3) is 11.3 Å². The highest BCUT2D eigenvalue weighted by Gasteiger charge is 2.12. The minimum absolute atomic E-state index is 0.0451. The molecule has 0 radical (unpaired) electrons. The molecule has 6 heteroatoms. The summed E-state index contributed by atoms with van der Waals surface area (Å²) >= 11 is 0. The lowest BCUT2D eigenvalue weighted by molar-refractivity contribution is 0.0950. The number of nitrogens with zero attached hydrogens (tertiary/aromatic N) is 3. The highest BCUT2D eigenvalue weighted by molar-refractivity contribution is 5.95. The number of amides is 1. The van der Waals surface area contributed by atoms with Gasteiger partial charge in [0.1, 0.15) is 0 Å². The molecular weight excluding hydrogens is 386 g/mol. The molecule has 31 heavy (non-hydrogen) atoms. The third-order valence-electron chi connectivity index (χ3n) is 5.53. The smallest absolute Gasteiger partial charge is 0.251 e. The van der Waals surface area contributed by atoms with E-state index in [9.17, 15) is 4.79 Å². The van der Waals surface area contributed by atoms with Gasteiger partial charge in [0.25, 0.3) is 5.91 Å². The van der Waals surface area contributed by atoms with Gasteiger partial charge in [0, 0.05) is 37.0 Å². The summed E-state index contributed by atoms with van der Waals surface area (Å²) < 4.78 is 0. The lowest BCUT2D eigenvalue weighted by Gasteiger charge is -2.14. The van der Waals surface area contributed by atoms with E-state index in [1.54, 1.807) is 6.20 Å². The molecule has 2 aromatic carbocycles. The molecule has 6 nitrogen and oxygen atoms in total. The Hall–Kier alpha value is -3.25. The van der Waals surface area contributed by atoms with E-state index in [1.165, 1.54) is 18.4 Å². The minimum Gasteiger partial charge on any atom is -0.354 e. The van der Waals surface area contributed by atoms with Crippen LogP contribution >= 0.6 is 0 Å². The molecule has 1 saturated heterocycles. The van der Waals surface area contributed by atoms with Gasteiger partial charge in [0.05, 0.1) is 5.69 Å². The molecule has 3 aromatic rings. The van der Waals surface area contributed by atoms with Crippen LogP contribution in [0.4, 0.5) is 5.95 Å². The van der Waals surface area contributed by atoms with Crippen molar-refractivity contribution in [3.05, 3.63) is 78.0 Å². The molecule has 1 aliphatic rings. The molecule has 2 N–H and O–H groups in total. The van der Waals surface area contributed by atoms with E-state index in [2.05, 4.69) is 37.6 Å². The van der Waals surface area contributed by atoms with Gasteiger partial charge in [-0.3, -0.25) is 4.79 Å². The number of anilines is 1. The summed E-state index contributed by atoms with van der Waals surface area (Å²) in [4.78, 5) is 23.9. The second-order valence-electron chi connectivity index (χ2n) is 7.81. The summed E-state index contributed by atoms with van der Waals surface area (Å²) in [6, 6.07) is 19.8. The molecule has 160 valence electrons. The van der Waals surface area contributed by atoms with Crippen LogP contribution in [0, 0.1) is 0 Å². The molecule has 1 fully saturated rings. The van der Waals surface area contributed by atoms with Crippen molar-refractivity contribution in [2.24, 2.45) is 0 Å². The summed E-state index contributed by atoms with van der Waals surface area (Å²) in [5.41, 5.74) is 3.62. The molecule has 2 heterocycles. The second kappa shape index (κ2) is 10.7. The second-order valence-corrected chi connectivity index (χ2v) is 7.81. The molecule has 0 bridgehead atoms. The van der Waals surface area contributed by atoms with Gasteiger partial charge in [0.15, 0.2) is 0 Å². The Balaban J connectivity index is 1.34. The molecule has 0 saturated carbocycles. The number of hydrogen-bond donors (Lipinski definition) is 2. The molecule has 0 unspecified atom stereocenters. The maximum Gasteiger partial charge on any atom is 0.251 e. The van der Waals surface area contributed by atoms with Gasteiger partial charge in [0.2, 0.25) is 5.95 Å². The fraction of sp³-hybridized carbons (Fsp3) is 0.320. The highest BCUT2D eigenvalue weighted by Crippen LogP contribution is 2.19. The fourth-order valence-corrected chi connectivity index (χ4v) is 3.82. The van der Waals surface area contributed by atoms with Crippen LogP contribution in [0.2, 0.25) is 0 Å². The molecule has 1 amide bonds. The lowest BCUT2D eigenvalue weighted by Crippen LogP contribution is -2.33. The van der Waals surface area contributed by atoms with E-state index in [4.69, 9.17) is 0 Å². The molecular formula is C25H29N5O. The summed E-state index contributed by atoms with van der Waals surface area (Å²) in [7, 11) is 0. The molecule has 0 spiro atoms. The van der Waals surface area contributed by atoms with Crippen molar-refractivity contribution < 1.29 is 4.79 Å². The monoisotopic (exact) mass is 415 g/mol. The van der Waals surface area contributed by atoms with Gasteiger partial charge in [-0.1, -0.05) is 42.5 Å². The number of benzene rings is 2. The third kappa shape index (κ3) is 6.12. The van der Waals surface area contributed by atoms with Crippen LogP contribution in [0.15, 0.2) is 66.9 Å². The van der Waals surface area contributed by atoms with Gasteiger partial charge in [-0.2, -0.15) is 0 Å². The largest absolute Gasteiger partial charge is 0.354 e. The normalized spacial score (nSPS) is 13.8. The average Bonchev–Trinajstić information content (AvgIpc) is 3.34. The zero-order chi connectivity index (χ0) is 21.3. The van der Waals surface area contributed by atoms with Crippen molar-refractivity contribution in [1.82, 2.24) is 20.2 Å². The standard InChI is InChI=1S/C25H29N5O/c31-24(26-15-18-30-16-4-5-17-30)22-10-6-9-21(19-22)23-12-14-28-25(29-23)27-13-11-20-7-2-1-3-8-20/h1-3,6-10,12,14,19H,4-5,11,13,15-18H2,(H,26,31)(H,27,28,29). The number of nitrogens with one attached hydrogen (secondary N) is 2. The summed E-state index contributed by atoms with van der Waals surface area (Å²) in [6.07, 6.45) is 5.17. The van der Waals surface area contributed by atoms with Gasteiger partial charge >= 0.3 is 0 Å². The number of aromatic nitrogens is 2. The van der Waals surface area contributed by atoms with Crippen molar-refractivity contribution >= 4 is 11.9 Å². The topological polar surface area (TPSA) is 70.2 Å². The van der Waals surface area contributed by atoms with E-state index >= 15 is 0 Å². The highest BCUT2D eigenvalue weighted by atomic mass is 16.1. The van der Waals surface area contributed by atoms with E-state index < -0.39 is 0 Å². The fourth-order valence-electron chi connectivity index (χ4n) is 3.82. The number of carbonyl (C=O) groups excluding carboxylic acids is 1. The maximum atomic E-state index is 12.6. The predicted molar refractivity (Wildman–Crippen MR) is 124 cm³/mol. The molecule has 0 aliphatic carbocycles. The van der Waals surface area contributed by atoms with E-state index in [0.29, 0.717) is 18.1 Å². The Bertz CT molecular complexity index is 986. The zero-order valence-corrected chi connectivity index (χ0v) is 17.8. The van der Waals surface area contributed by atoms with Crippen molar-refractivity contribution in [3.63, 3.8) is 0 Å². The van der Waals surface area contributed by atoms with Gasteiger partial charge in [-0.05, 0) is 56.1 Å². The van der Waals surface area contributed by atoms with Crippen LogP contribution < -0.4 is 10.6 Å². The van der Waals surface area contributed by atoms with E-state index in [-0.39, 0.29) is 5.91 Å². The van der Waals surface area contributed by atoms with Crippen LogP contribution in [-0.4, -0.2) is 53.5 Å². The van der Waals surface area contributed by atoms with Crippen molar-refractivity contribution in [3.8, 4) is 11.3 Å². The van der Waals surface area contributed by atoms with Crippen molar-refractivity contribution in [1.29, 1.82) is 0 Å². The van der Waals surface area contributed by atoms with Crippen LogP contribution in [-0.2, 0) is 6.42 Å². The van der Waals surface area contributed by atoms with Crippen molar-refractivity contribution in [2.45, 2.75) is 19.3 Å². The maximum absolute atomic E-state index is 12.6. The number of rotatable bonds is 9. The first-order valence-corrected chi connectivity index (χ1v) is 11.0. The Kier molecular flexibility index (Phi) is 7.24. The first-order valence-electron chi connectivity index (χ1n) is 11.0. The summed E-state index contributed by atoms with van der Waals surface area (Å²) in [5, 5.41) is 6.32. The first-order chi connectivity index (χ1) is 15.3. The van der Waals surface area contributed by atoms with E-state index in [1.807, 2.05) is 48.5 Å². The van der Waals surface area contributed by atoms with Crippen molar-refractivity contribution in [2.75, 3.05) is 38.0 Å². The quantitative estimate of drug-likeness (QED) is 0.559. The van der Waals surface area contributed by atoms with Gasteiger partial charge in [-0.15, -0.1) is 0 Å². The molecule has 1 aromatic heterocycles.